The number of rotatable bonds is 6. The van der Waals surface area contributed by atoms with Crippen LogP contribution in [0.15, 0.2) is 53.1 Å². The van der Waals surface area contributed by atoms with Crippen LogP contribution in [-0.2, 0) is 17.8 Å². The molecule has 3 aromatic rings. The SMILES string of the molecule is O=C(C1CCCN(Cc2nc(-c3ccc(Cl)cc3Cl)no2)C1)N1CCC(Cc2ccccc2)CC1. The number of carbonyl (C=O) groups is 1. The zero-order valence-corrected chi connectivity index (χ0v) is 21.2. The number of halogens is 2. The highest BCUT2D eigenvalue weighted by Crippen LogP contribution is 2.29. The van der Waals surface area contributed by atoms with Crippen LogP contribution in [0.3, 0.4) is 0 Å². The topological polar surface area (TPSA) is 62.5 Å². The normalized spacial score (nSPS) is 19.7. The number of hydrogen-bond donors (Lipinski definition) is 0. The van der Waals surface area contributed by atoms with Crippen molar-refractivity contribution in [2.24, 2.45) is 11.8 Å². The highest BCUT2D eigenvalue weighted by Gasteiger charge is 2.32. The fourth-order valence-corrected chi connectivity index (χ4v) is 5.75. The van der Waals surface area contributed by atoms with E-state index in [-0.39, 0.29) is 5.92 Å². The lowest BCUT2D eigenvalue weighted by Crippen LogP contribution is -2.47. The molecule has 0 radical (unpaired) electrons. The number of aromatic nitrogens is 2. The molecule has 0 spiro atoms. The van der Waals surface area contributed by atoms with E-state index in [1.807, 2.05) is 0 Å². The third kappa shape index (κ3) is 6.05. The van der Waals surface area contributed by atoms with Gasteiger partial charge in [0.1, 0.15) is 0 Å². The number of piperidine rings is 2. The van der Waals surface area contributed by atoms with Crippen LogP contribution < -0.4 is 0 Å². The Balaban J connectivity index is 1.13. The Hall–Kier alpha value is -2.41. The minimum atomic E-state index is 0.0301. The summed E-state index contributed by atoms with van der Waals surface area (Å²) in [7, 11) is 0. The summed E-state index contributed by atoms with van der Waals surface area (Å²) in [6, 6.07) is 15.9. The van der Waals surface area contributed by atoms with Crippen LogP contribution in [0, 0.1) is 11.8 Å². The number of amides is 1. The summed E-state index contributed by atoms with van der Waals surface area (Å²) in [4.78, 5) is 22.1. The van der Waals surface area contributed by atoms with E-state index in [1.165, 1.54) is 5.56 Å². The Bertz CT molecular complexity index is 1150. The van der Waals surface area contributed by atoms with Gasteiger partial charge in [-0.1, -0.05) is 58.7 Å². The van der Waals surface area contributed by atoms with Crippen LogP contribution in [0.1, 0.15) is 37.1 Å². The standard InChI is InChI=1S/C27H30Cl2N4O2/c28-22-8-9-23(24(29)16-22)26-30-25(35-31-26)18-32-12-4-7-21(17-32)27(34)33-13-10-20(11-14-33)15-19-5-2-1-3-6-19/h1-3,5-6,8-9,16,20-21H,4,7,10-15,17-18H2. The van der Waals surface area contributed by atoms with Crippen LogP contribution in [-0.4, -0.2) is 52.0 Å². The minimum Gasteiger partial charge on any atom is -0.342 e. The quantitative estimate of drug-likeness (QED) is 0.421. The number of carbonyl (C=O) groups excluding carboxylic acids is 1. The van der Waals surface area contributed by atoms with Gasteiger partial charge in [0, 0.05) is 30.2 Å². The second kappa shape index (κ2) is 11.1. The first kappa shape index (κ1) is 24.3. The van der Waals surface area contributed by atoms with Crippen molar-refractivity contribution in [2.75, 3.05) is 26.2 Å². The molecule has 184 valence electrons. The van der Waals surface area contributed by atoms with Gasteiger partial charge in [0.2, 0.25) is 17.6 Å². The van der Waals surface area contributed by atoms with Gasteiger partial charge in [0.05, 0.1) is 17.5 Å². The molecule has 8 heteroatoms. The predicted octanol–water partition coefficient (Wildman–Crippen LogP) is 5.74. The number of likely N-dealkylation sites (tertiary alicyclic amines) is 2. The third-order valence-corrected chi connectivity index (χ3v) is 7.69. The molecule has 0 aliphatic carbocycles. The second-order valence-electron chi connectivity index (χ2n) is 9.67. The first-order valence-electron chi connectivity index (χ1n) is 12.4. The van der Waals surface area contributed by atoms with Crippen LogP contribution >= 0.6 is 23.2 Å². The Kier molecular flexibility index (Phi) is 7.71. The molecule has 5 rings (SSSR count). The van der Waals surface area contributed by atoms with Crippen molar-refractivity contribution in [3.05, 3.63) is 70.0 Å². The van der Waals surface area contributed by atoms with Crippen molar-refractivity contribution in [1.29, 1.82) is 0 Å². The molecule has 2 saturated heterocycles. The fraction of sp³-hybridized carbons (Fsp3) is 0.444. The molecule has 1 atom stereocenters. The Morgan fingerprint density at radius 2 is 1.83 bits per heavy atom. The molecule has 2 aliphatic heterocycles. The van der Waals surface area contributed by atoms with Gasteiger partial charge in [-0.3, -0.25) is 9.69 Å². The van der Waals surface area contributed by atoms with Crippen molar-refractivity contribution in [3.63, 3.8) is 0 Å². The van der Waals surface area contributed by atoms with Crippen molar-refractivity contribution < 1.29 is 9.32 Å². The molecule has 2 aromatic carbocycles. The summed E-state index contributed by atoms with van der Waals surface area (Å²) in [5.74, 6) is 1.96. The first-order chi connectivity index (χ1) is 17.0. The van der Waals surface area contributed by atoms with Crippen LogP contribution in [0.5, 0.6) is 0 Å². The van der Waals surface area contributed by atoms with E-state index in [0.29, 0.717) is 45.7 Å². The summed E-state index contributed by atoms with van der Waals surface area (Å²) in [6.45, 7) is 3.90. The molecule has 1 amide bonds. The summed E-state index contributed by atoms with van der Waals surface area (Å²) in [5, 5.41) is 5.14. The minimum absolute atomic E-state index is 0.0301. The molecule has 0 saturated carbocycles. The van der Waals surface area contributed by atoms with E-state index in [0.717, 1.165) is 58.3 Å². The highest BCUT2D eigenvalue weighted by atomic mass is 35.5. The second-order valence-corrected chi connectivity index (χ2v) is 10.5. The molecule has 35 heavy (non-hydrogen) atoms. The average molecular weight is 513 g/mol. The lowest BCUT2D eigenvalue weighted by atomic mass is 9.89. The average Bonchev–Trinajstić information content (AvgIpc) is 3.33. The van der Waals surface area contributed by atoms with Crippen molar-refractivity contribution >= 4 is 29.1 Å². The lowest BCUT2D eigenvalue weighted by molar-refractivity contribution is -0.138. The Morgan fingerprint density at radius 3 is 2.60 bits per heavy atom. The van der Waals surface area contributed by atoms with E-state index in [9.17, 15) is 4.79 Å². The van der Waals surface area contributed by atoms with E-state index in [1.54, 1.807) is 18.2 Å². The van der Waals surface area contributed by atoms with Gasteiger partial charge in [0.25, 0.3) is 0 Å². The molecular formula is C27H30Cl2N4O2. The monoisotopic (exact) mass is 512 g/mol. The van der Waals surface area contributed by atoms with Gasteiger partial charge in [0.15, 0.2) is 0 Å². The molecule has 0 bridgehead atoms. The van der Waals surface area contributed by atoms with Gasteiger partial charge >= 0.3 is 0 Å². The first-order valence-corrected chi connectivity index (χ1v) is 13.1. The lowest BCUT2D eigenvalue weighted by Gasteiger charge is -2.37. The van der Waals surface area contributed by atoms with Gasteiger partial charge < -0.3 is 9.42 Å². The molecule has 1 aromatic heterocycles. The zero-order chi connectivity index (χ0) is 24.2. The summed E-state index contributed by atoms with van der Waals surface area (Å²) in [6.07, 6.45) is 5.19. The molecule has 1 unspecified atom stereocenters. The van der Waals surface area contributed by atoms with Gasteiger partial charge in [-0.25, -0.2) is 0 Å². The highest BCUT2D eigenvalue weighted by molar-refractivity contribution is 6.36. The van der Waals surface area contributed by atoms with Crippen molar-refractivity contribution in [1.82, 2.24) is 19.9 Å². The predicted molar refractivity (Wildman–Crippen MR) is 137 cm³/mol. The zero-order valence-electron chi connectivity index (χ0n) is 19.7. The smallest absolute Gasteiger partial charge is 0.241 e. The third-order valence-electron chi connectivity index (χ3n) is 7.15. The maximum absolute atomic E-state index is 13.3. The largest absolute Gasteiger partial charge is 0.342 e. The van der Waals surface area contributed by atoms with Gasteiger partial charge in [-0.2, -0.15) is 4.98 Å². The Morgan fingerprint density at radius 1 is 1.03 bits per heavy atom. The summed E-state index contributed by atoms with van der Waals surface area (Å²) >= 11 is 12.3. The number of hydrogen-bond acceptors (Lipinski definition) is 5. The molecular weight excluding hydrogens is 483 g/mol. The molecule has 2 aliphatic rings. The van der Waals surface area contributed by atoms with Crippen molar-refractivity contribution in [3.8, 4) is 11.4 Å². The molecule has 0 N–H and O–H groups in total. The van der Waals surface area contributed by atoms with E-state index >= 15 is 0 Å². The number of nitrogens with zero attached hydrogens (tertiary/aromatic N) is 4. The van der Waals surface area contributed by atoms with Gasteiger partial charge in [-0.15, -0.1) is 0 Å². The fourth-order valence-electron chi connectivity index (χ4n) is 5.25. The number of benzene rings is 2. The van der Waals surface area contributed by atoms with Crippen LogP contribution in [0.25, 0.3) is 11.4 Å². The summed E-state index contributed by atoms with van der Waals surface area (Å²) in [5.41, 5.74) is 2.08. The maximum Gasteiger partial charge on any atom is 0.241 e. The van der Waals surface area contributed by atoms with E-state index in [4.69, 9.17) is 27.7 Å². The summed E-state index contributed by atoms with van der Waals surface area (Å²) < 4.78 is 5.49. The van der Waals surface area contributed by atoms with E-state index < -0.39 is 0 Å². The Labute approximate surface area is 216 Å². The van der Waals surface area contributed by atoms with E-state index in [2.05, 4.69) is 50.3 Å². The molecule has 3 heterocycles. The van der Waals surface area contributed by atoms with Crippen LogP contribution in [0.2, 0.25) is 10.0 Å². The van der Waals surface area contributed by atoms with Crippen molar-refractivity contribution in [2.45, 2.75) is 38.6 Å². The van der Waals surface area contributed by atoms with Gasteiger partial charge in [-0.05, 0) is 68.3 Å². The van der Waals surface area contributed by atoms with Crippen LogP contribution in [0.4, 0.5) is 0 Å². The molecule has 6 nitrogen and oxygen atoms in total. The molecule has 2 fully saturated rings. The maximum atomic E-state index is 13.3.